The van der Waals surface area contributed by atoms with Gasteiger partial charge in [-0.1, -0.05) is 33.1 Å². The van der Waals surface area contributed by atoms with Crippen molar-refractivity contribution >= 4 is 0 Å². The highest BCUT2D eigenvalue weighted by atomic mass is 15.2. The van der Waals surface area contributed by atoms with E-state index in [9.17, 15) is 0 Å². The van der Waals surface area contributed by atoms with E-state index in [-0.39, 0.29) is 0 Å². The number of piperidine rings is 1. The van der Waals surface area contributed by atoms with Gasteiger partial charge in [0.2, 0.25) is 0 Å². The van der Waals surface area contributed by atoms with Gasteiger partial charge < -0.3 is 9.80 Å². The van der Waals surface area contributed by atoms with Crippen molar-refractivity contribution in [1.82, 2.24) is 9.80 Å². The first-order chi connectivity index (χ1) is 10.6. The number of nitrogens with zero attached hydrogens (tertiary/aromatic N) is 2. The fourth-order valence-electron chi connectivity index (χ4n) is 4.82. The highest BCUT2D eigenvalue weighted by Crippen LogP contribution is 2.40. The van der Waals surface area contributed by atoms with E-state index >= 15 is 0 Å². The Balaban J connectivity index is 1.78. The van der Waals surface area contributed by atoms with Crippen LogP contribution in [0.15, 0.2) is 0 Å². The first-order valence-electron chi connectivity index (χ1n) is 10.0. The third-order valence-corrected chi connectivity index (χ3v) is 6.25. The molecule has 2 saturated heterocycles. The largest absolute Gasteiger partial charge is 0.302 e. The van der Waals surface area contributed by atoms with Gasteiger partial charge in [-0.2, -0.15) is 0 Å². The molecule has 0 amide bonds. The van der Waals surface area contributed by atoms with Crippen molar-refractivity contribution in [3.8, 4) is 0 Å². The first-order valence-corrected chi connectivity index (χ1v) is 10.0. The summed E-state index contributed by atoms with van der Waals surface area (Å²) in [6.45, 7) is 16.2. The highest BCUT2D eigenvalue weighted by molar-refractivity contribution is 4.90. The molecule has 2 aliphatic heterocycles. The number of rotatable bonds is 8. The molecule has 0 radical (unpaired) electrons. The van der Waals surface area contributed by atoms with E-state index in [1.165, 1.54) is 84.1 Å². The molecule has 0 aromatic carbocycles. The van der Waals surface area contributed by atoms with Crippen molar-refractivity contribution in [3.05, 3.63) is 0 Å². The van der Waals surface area contributed by atoms with Crippen molar-refractivity contribution in [2.75, 3.05) is 32.7 Å². The van der Waals surface area contributed by atoms with Crippen LogP contribution in [-0.2, 0) is 0 Å². The van der Waals surface area contributed by atoms with Gasteiger partial charge in [-0.25, -0.2) is 0 Å². The van der Waals surface area contributed by atoms with E-state index in [2.05, 4.69) is 37.5 Å². The summed E-state index contributed by atoms with van der Waals surface area (Å²) in [6.07, 6.45) is 11.4. The molecular weight excluding hydrogens is 268 g/mol. The molecule has 2 aliphatic rings. The number of hydrogen-bond donors (Lipinski definition) is 0. The molecule has 2 heterocycles. The second kappa shape index (κ2) is 8.68. The molecule has 1 unspecified atom stereocenters. The van der Waals surface area contributed by atoms with Gasteiger partial charge in [-0.05, 0) is 76.9 Å². The Labute approximate surface area is 139 Å². The molecule has 0 spiro atoms. The molecule has 0 saturated carbocycles. The van der Waals surface area contributed by atoms with E-state index in [1.807, 2.05) is 0 Å². The maximum Gasteiger partial charge on any atom is 0.00386 e. The summed E-state index contributed by atoms with van der Waals surface area (Å²) in [5.41, 5.74) is 0.670. The summed E-state index contributed by atoms with van der Waals surface area (Å²) in [5.74, 6) is 0.957. The molecule has 22 heavy (non-hydrogen) atoms. The van der Waals surface area contributed by atoms with Crippen LogP contribution in [0, 0.1) is 11.3 Å². The summed E-state index contributed by atoms with van der Waals surface area (Å²) in [7, 11) is 0. The summed E-state index contributed by atoms with van der Waals surface area (Å²) >= 11 is 0. The fourth-order valence-corrected chi connectivity index (χ4v) is 4.82. The van der Waals surface area contributed by atoms with Crippen LogP contribution >= 0.6 is 0 Å². The van der Waals surface area contributed by atoms with Crippen LogP contribution in [0.5, 0.6) is 0 Å². The zero-order valence-corrected chi connectivity index (χ0v) is 15.7. The van der Waals surface area contributed by atoms with Crippen LogP contribution in [0.25, 0.3) is 0 Å². The third-order valence-electron chi connectivity index (χ3n) is 6.25. The lowest BCUT2D eigenvalue weighted by molar-refractivity contribution is 0.122. The number of hydrogen-bond acceptors (Lipinski definition) is 2. The maximum absolute atomic E-state index is 2.82. The molecule has 2 heteroatoms. The lowest BCUT2D eigenvalue weighted by Crippen LogP contribution is -2.41. The normalized spacial score (nSPS) is 28.8. The standard InChI is InChI=1S/C20H40N2/c1-5-7-11-20(10-6-2)12-15-21(17-20)16-19-8-13-22(14-9-19)18(3)4/h18-19H,5-17H2,1-4H3. The van der Waals surface area contributed by atoms with Crippen LogP contribution in [0.1, 0.15) is 79.1 Å². The van der Waals surface area contributed by atoms with Crippen molar-refractivity contribution < 1.29 is 0 Å². The zero-order valence-electron chi connectivity index (χ0n) is 15.7. The Bertz CT molecular complexity index is 307. The lowest BCUT2D eigenvalue weighted by atomic mass is 9.78. The average molecular weight is 309 g/mol. The summed E-state index contributed by atoms with van der Waals surface area (Å²) in [6, 6.07) is 0.735. The lowest BCUT2D eigenvalue weighted by Gasteiger charge is -2.36. The maximum atomic E-state index is 2.82. The number of likely N-dealkylation sites (tertiary alicyclic amines) is 2. The van der Waals surface area contributed by atoms with Gasteiger partial charge in [0, 0.05) is 19.1 Å². The van der Waals surface area contributed by atoms with Crippen LogP contribution in [0.2, 0.25) is 0 Å². The molecule has 0 N–H and O–H groups in total. The van der Waals surface area contributed by atoms with Crippen LogP contribution in [-0.4, -0.2) is 48.6 Å². The van der Waals surface area contributed by atoms with E-state index in [0.717, 1.165) is 12.0 Å². The monoisotopic (exact) mass is 308 g/mol. The van der Waals surface area contributed by atoms with Gasteiger partial charge in [0.25, 0.3) is 0 Å². The predicted octanol–water partition coefficient (Wildman–Crippen LogP) is 4.79. The van der Waals surface area contributed by atoms with E-state index in [0.29, 0.717) is 5.41 Å². The molecule has 2 fully saturated rings. The van der Waals surface area contributed by atoms with Gasteiger partial charge in [0.1, 0.15) is 0 Å². The van der Waals surface area contributed by atoms with Gasteiger partial charge in [-0.3, -0.25) is 0 Å². The van der Waals surface area contributed by atoms with Crippen molar-refractivity contribution in [2.45, 2.75) is 85.1 Å². The highest BCUT2D eigenvalue weighted by Gasteiger charge is 2.37. The van der Waals surface area contributed by atoms with Crippen molar-refractivity contribution in [2.24, 2.45) is 11.3 Å². The second-order valence-electron chi connectivity index (χ2n) is 8.41. The predicted molar refractivity (Wildman–Crippen MR) is 97.4 cm³/mol. The van der Waals surface area contributed by atoms with E-state index in [1.54, 1.807) is 0 Å². The zero-order chi connectivity index (χ0) is 16.0. The third kappa shape index (κ3) is 4.96. The minimum absolute atomic E-state index is 0.670. The SMILES string of the molecule is CCCCC1(CCC)CCN(CC2CCN(C(C)C)CC2)C1. The van der Waals surface area contributed by atoms with Crippen molar-refractivity contribution in [1.29, 1.82) is 0 Å². The number of unbranched alkanes of at least 4 members (excludes halogenated alkanes) is 1. The summed E-state index contributed by atoms with van der Waals surface area (Å²) in [5, 5.41) is 0. The van der Waals surface area contributed by atoms with Crippen LogP contribution in [0.3, 0.4) is 0 Å². The Morgan fingerprint density at radius 2 is 1.73 bits per heavy atom. The molecule has 0 aromatic rings. The summed E-state index contributed by atoms with van der Waals surface area (Å²) in [4.78, 5) is 5.48. The Kier molecular flexibility index (Phi) is 7.21. The summed E-state index contributed by atoms with van der Waals surface area (Å²) < 4.78 is 0. The Hall–Kier alpha value is -0.0800. The van der Waals surface area contributed by atoms with Crippen molar-refractivity contribution in [3.63, 3.8) is 0 Å². The molecule has 0 bridgehead atoms. The minimum atomic E-state index is 0.670. The van der Waals surface area contributed by atoms with E-state index in [4.69, 9.17) is 0 Å². The van der Waals surface area contributed by atoms with Gasteiger partial charge >= 0.3 is 0 Å². The quantitative estimate of drug-likeness (QED) is 0.636. The van der Waals surface area contributed by atoms with Crippen LogP contribution < -0.4 is 0 Å². The molecule has 1 atom stereocenters. The Morgan fingerprint density at radius 1 is 1.00 bits per heavy atom. The van der Waals surface area contributed by atoms with Gasteiger partial charge in [0.05, 0.1) is 0 Å². The molecule has 2 rings (SSSR count). The Morgan fingerprint density at radius 3 is 2.32 bits per heavy atom. The van der Waals surface area contributed by atoms with E-state index < -0.39 is 0 Å². The first kappa shape index (κ1) is 18.3. The fraction of sp³-hybridized carbons (Fsp3) is 1.00. The van der Waals surface area contributed by atoms with Gasteiger partial charge in [0.15, 0.2) is 0 Å². The smallest absolute Gasteiger partial charge is 0.00386 e. The average Bonchev–Trinajstić information content (AvgIpc) is 2.89. The topological polar surface area (TPSA) is 6.48 Å². The molecule has 2 nitrogen and oxygen atoms in total. The second-order valence-corrected chi connectivity index (χ2v) is 8.41. The molecular formula is C20H40N2. The van der Waals surface area contributed by atoms with Gasteiger partial charge in [-0.15, -0.1) is 0 Å². The molecule has 130 valence electrons. The molecule has 0 aromatic heterocycles. The minimum Gasteiger partial charge on any atom is -0.302 e. The molecule has 0 aliphatic carbocycles. The van der Waals surface area contributed by atoms with Crippen LogP contribution in [0.4, 0.5) is 0 Å².